The van der Waals surface area contributed by atoms with Crippen molar-refractivity contribution in [3.8, 4) is 11.5 Å². The molecule has 0 bridgehead atoms. The van der Waals surface area contributed by atoms with Crippen LogP contribution in [0.15, 0.2) is 103 Å². The fraction of sp³-hybridized carbons (Fsp3) is 0.449. The fourth-order valence-electron chi connectivity index (χ4n) is 9.65. The first-order valence-corrected chi connectivity index (χ1v) is 25.1. The number of aliphatic hydroxyl groups is 2. The first-order valence-electron chi connectivity index (χ1n) is 22.0. The quantitative estimate of drug-likeness (QED) is 0.0552. The summed E-state index contributed by atoms with van der Waals surface area (Å²) in [4.78, 5) is 15.9. The number of rotatable bonds is 20. The topological polar surface area (TPSA) is 131 Å². The number of unbranched alkanes of at least 4 members (excludes halogenated alkanes) is 1. The second-order valence-corrected chi connectivity index (χ2v) is 21.8. The molecule has 61 heavy (non-hydrogen) atoms. The molecule has 2 aliphatic heterocycles. The van der Waals surface area contributed by atoms with Crippen molar-refractivity contribution in [3.05, 3.63) is 126 Å². The molecule has 3 N–H and O–H groups in total. The molecule has 324 valence electrons. The van der Waals surface area contributed by atoms with E-state index in [4.69, 9.17) is 14.2 Å². The maximum absolute atomic E-state index is 14.1. The average molecular weight is 846 g/mol. The zero-order valence-electron chi connectivity index (χ0n) is 36.4. The van der Waals surface area contributed by atoms with Crippen LogP contribution in [0.1, 0.15) is 67.8 Å². The fourth-order valence-corrected chi connectivity index (χ4v) is 13.8. The van der Waals surface area contributed by atoms with E-state index in [1.54, 1.807) is 7.11 Å². The summed E-state index contributed by atoms with van der Waals surface area (Å²) in [5, 5.41) is 33.4. The number of aryl methyl sites for hydroxylation is 2. The number of carbonyl (C=O) groups is 1. The van der Waals surface area contributed by atoms with Crippen LogP contribution in [0.25, 0.3) is 0 Å². The van der Waals surface area contributed by atoms with Crippen molar-refractivity contribution in [2.75, 3.05) is 38.4 Å². The predicted octanol–water partition coefficient (Wildman–Crippen LogP) is 7.17. The molecule has 1 fully saturated rings. The van der Waals surface area contributed by atoms with Gasteiger partial charge in [0.1, 0.15) is 11.5 Å². The van der Waals surface area contributed by atoms with Gasteiger partial charge in [-0.15, -0.1) is 5.10 Å². The number of fused-ring (bicyclic) bond motifs is 1. The second kappa shape index (κ2) is 20.3. The molecule has 12 heteroatoms. The Morgan fingerprint density at radius 3 is 2.39 bits per heavy atom. The molecule has 7 rings (SSSR count). The maximum atomic E-state index is 14.1. The number of amides is 1. The van der Waals surface area contributed by atoms with Gasteiger partial charge in [-0.25, -0.2) is 0 Å². The van der Waals surface area contributed by atoms with Gasteiger partial charge in [0.2, 0.25) is 5.91 Å². The number of anilines is 2. The van der Waals surface area contributed by atoms with Crippen LogP contribution in [0.4, 0.5) is 11.4 Å². The van der Waals surface area contributed by atoms with Crippen LogP contribution >= 0.6 is 0 Å². The standard InChI is InChI=1S/C49H63N5O6Si/c1-6-59-40-21-24-45-37(30-40)31-43(50-27-10-11-29-55)49(57)54(45)38-17-14-35(15-18-38)16-25-46-34(2)48(61(4,5)41-22-19-39(58-3)20-23-41)47(60-46)26-28-53-32-44(51-52-53)42(33-56)36-12-8-7-9-13-36/h7-9,12-15,17-24,30,32,34,42-43,46-48,50,55-56H,6,10-11,16,25-29,31,33H2,1-5H3/t34-,42?,43?,46+,47-,48+/m1/s1. The Morgan fingerprint density at radius 2 is 1.69 bits per heavy atom. The van der Waals surface area contributed by atoms with Crippen LogP contribution < -0.4 is 24.9 Å². The van der Waals surface area contributed by atoms with E-state index >= 15 is 0 Å². The molecule has 4 aromatic carbocycles. The number of ether oxygens (including phenoxy) is 3. The van der Waals surface area contributed by atoms with Gasteiger partial charge in [-0.3, -0.25) is 14.4 Å². The number of carbonyl (C=O) groups excluding carboxylic acids is 1. The van der Waals surface area contributed by atoms with Gasteiger partial charge in [0.25, 0.3) is 0 Å². The van der Waals surface area contributed by atoms with Gasteiger partial charge in [0.05, 0.1) is 63.9 Å². The van der Waals surface area contributed by atoms with Gasteiger partial charge in [-0.05, 0) is 123 Å². The van der Waals surface area contributed by atoms with Gasteiger partial charge in [-0.2, -0.15) is 0 Å². The smallest absolute Gasteiger partial charge is 0.249 e. The third kappa shape index (κ3) is 10.1. The third-order valence-corrected chi connectivity index (χ3v) is 17.3. The van der Waals surface area contributed by atoms with Crippen molar-refractivity contribution in [2.45, 2.75) is 102 Å². The molecule has 1 amide bonds. The van der Waals surface area contributed by atoms with Crippen LogP contribution in [-0.4, -0.2) is 90.9 Å². The number of nitrogens with zero attached hydrogens (tertiary/aromatic N) is 4. The average Bonchev–Trinajstić information content (AvgIpc) is 3.88. The summed E-state index contributed by atoms with van der Waals surface area (Å²) >= 11 is 0. The van der Waals surface area contributed by atoms with Crippen molar-refractivity contribution >= 4 is 30.5 Å². The highest BCUT2D eigenvalue weighted by atomic mass is 28.3. The molecule has 5 aromatic rings. The summed E-state index contributed by atoms with van der Waals surface area (Å²) in [5.74, 6) is 1.79. The van der Waals surface area contributed by atoms with Crippen LogP contribution in [0.3, 0.4) is 0 Å². The van der Waals surface area contributed by atoms with Gasteiger partial charge < -0.3 is 29.7 Å². The lowest BCUT2D eigenvalue weighted by atomic mass is 9.94. The summed E-state index contributed by atoms with van der Waals surface area (Å²) in [6.07, 6.45) is 6.72. The van der Waals surface area contributed by atoms with E-state index < -0.39 is 8.07 Å². The minimum absolute atomic E-state index is 0.0221. The molecule has 11 nitrogen and oxygen atoms in total. The van der Waals surface area contributed by atoms with Crippen molar-refractivity contribution in [1.82, 2.24) is 20.3 Å². The van der Waals surface area contributed by atoms with E-state index in [1.165, 1.54) is 10.8 Å². The Morgan fingerprint density at radius 1 is 0.934 bits per heavy atom. The van der Waals surface area contributed by atoms with Crippen LogP contribution in [0.5, 0.6) is 11.5 Å². The minimum Gasteiger partial charge on any atom is -0.497 e. The SMILES string of the molecule is CCOc1ccc2c(c1)CC(NCCCCO)C(=O)N2c1ccc(CC[C@@H]2O[C@H](CCn3cc(C(CO)c4ccccc4)nn3)[C@@H]([Si](C)(C)c3ccc(OC)cc3)[C@@H]2C)cc1. The Balaban J connectivity index is 1.07. The van der Waals surface area contributed by atoms with Gasteiger partial charge in [0.15, 0.2) is 0 Å². The molecular weight excluding hydrogens is 783 g/mol. The minimum atomic E-state index is -2.07. The number of aliphatic hydroxyl groups excluding tert-OH is 2. The monoisotopic (exact) mass is 845 g/mol. The Hall–Kier alpha value is -4.85. The zero-order chi connectivity index (χ0) is 42.9. The number of hydrogen-bond acceptors (Lipinski definition) is 9. The van der Waals surface area contributed by atoms with Crippen LogP contribution in [0, 0.1) is 5.92 Å². The highest BCUT2D eigenvalue weighted by Crippen LogP contribution is 2.47. The molecule has 3 heterocycles. The summed E-state index contributed by atoms with van der Waals surface area (Å²) < 4.78 is 20.3. The number of methoxy groups -OCH3 is 1. The summed E-state index contributed by atoms with van der Waals surface area (Å²) in [6, 6.07) is 32.7. The van der Waals surface area contributed by atoms with Crippen LogP contribution in [-0.2, 0) is 28.9 Å². The Kier molecular flexibility index (Phi) is 14.7. The lowest BCUT2D eigenvalue weighted by molar-refractivity contribution is -0.120. The van der Waals surface area contributed by atoms with Gasteiger partial charge in [0, 0.05) is 25.0 Å². The second-order valence-electron chi connectivity index (χ2n) is 17.1. The van der Waals surface area contributed by atoms with E-state index in [2.05, 4.69) is 90.2 Å². The first-order chi connectivity index (χ1) is 29.6. The van der Waals surface area contributed by atoms with E-state index in [0.29, 0.717) is 44.0 Å². The summed E-state index contributed by atoms with van der Waals surface area (Å²) in [7, 11) is -0.362. The highest BCUT2D eigenvalue weighted by Gasteiger charge is 2.50. The summed E-state index contributed by atoms with van der Waals surface area (Å²) in [5.41, 5.74) is 6.14. The molecule has 0 aliphatic carbocycles. The Bertz CT molecular complexity index is 2160. The molecule has 0 radical (unpaired) electrons. The predicted molar refractivity (Wildman–Crippen MR) is 243 cm³/mol. The van der Waals surface area contributed by atoms with Crippen molar-refractivity contribution in [3.63, 3.8) is 0 Å². The Labute approximate surface area is 362 Å². The first kappa shape index (κ1) is 44.2. The van der Waals surface area contributed by atoms with E-state index in [9.17, 15) is 15.0 Å². The van der Waals surface area contributed by atoms with Gasteiger partial charge in [-0.1, -0.05) is 85.0 Å². The molecule has 2 unspecified atom stereocenters. The molecule has 6 atom stereocenters. The number of hydrogen-bond donors (Lipinski definition) is 3. The van der Waals surface area contributed by atoms with Gasteiger partial charge >= 0.3 is 0 Å². The molecule has 2 aliphatic rings. The largest absolute Gasteiger partial charge is 0.497 e. The number of benzene rings is 4. The highest BCUT2D eigenvalue weighted by molar-refractivity contribution is 6.91. The van der Waals surface area contributed by atoms with Crippen LogP contribution in [0.2, 0.25) is 18.6 Å². The van der Waals surface area contributed by atoms with E-state index in [1.807, 2.05) is 65.2 Å². The molecule has 0 saturated carbocycles. The van der Waals surface area contributed by atoms with E-state index in [-0.39, 0.29) is 43.3 Å². The lowest BCUT2D eigenvalue weighted by Gasteiger charge is -2.36. The zero-order valence-corrected chi connectivity index (χ0v) is 37.4. The number of nitrogens with one attached hydrogen (secondary N) is 1. The third-order valence-electron chi connectivity index (χ3n) is 12.9. The lowest BCUT2D eigenvalue weighted by Crippen LogP contribution is -2.50. The molecule has 1 saturated heterocycles. The maximum Gasteiger partial charge on any atom is 0.249 e. The number of aromatic nitrogens is 3. The van der Waals surface area contributed by atoms with E-state index in [0.717, 1.165) is 65.4 Å². The molecular formula is C49H63N5O6Si. The van der Waals surface area contributed by atoms with Crippen molar-refractivity contribution in [1.29, 1.82) is 0 Å². The molecule has 0 spiro atoms. The summed E-state index contributed by atoms with van der Waals surface area (Å²) in [6.45, 7) is 11.3. The van der Waals surface area contributed by atoms with Crippen molar-refractivity contribution in [2.24, 2.45) is 5.92 Å². The van der Waals surface area contributed by atoms with Crippen molar-refractivity contribution < 1.29 is 29.2 Å². The molecule has 1 aromatic heterocycles. The normalized spacial score (nSPS) is 20.7.